The summed E-state index contributed by atoms with van der Waals surface area (Å²) in [6.07, 6.45) is 1.99. The molecular formula is C11H16N2O2S. The molecule has 5 heteroatoms. The molecule has 0 amide bonds. The molecule has 0 atom stereocenters. The smallest absolute Gasteiger partial charge is 0.323 e. The summed E-state index contributed by atoms with van der Waals surface area (Å²) < 4.78 is 0. The van der Waals surface area contributed by atoms with Gasteiger partial charge in [0, 0.05) is 12.3 Å². The van der Waals surface area contributed by atoms with E-state index in [2.05, 4.69) is 0 Å². The zero-order valence-electron chi connectivity index (χ0n) is 9.22. The summed E-state index contributed by atoms with van der Waals surface area (Å²) in [5, 5.41) is 8.85. The van der Waals surface area contributed by atoms with Gasteiger partial charge in [0.1, 0.15) is 6.54 Å². The molecule has 0 fully saturated rings. The predicted octanol–water partition coefficient (Wildman–Crippen LogP) is 1.52. The predicted molar refractivity (Wildman–Crippen MR) is 69.1 cm³/mol. The van der Waals surface area contributed by atoms with E-state index in [-0.39, 0.29) is 6.54 Å². The zero-order chi connectivity index (χ0) is 12.0. The molecule has 16 heavy (non-hydrogen) atoms. The first-order chi connectivity index (χ1) is 7.65. The second-order valence-corrected chi connectivity index (χ2v) is 4.35. The molecule has 0 heterocycles. The van der Waals surface area contributed by atoms with Gasteiger partial charge in [0.15, 0.2) is 0 Å². The van der Waals surface area contributed by atoms with Crippen molar-refractivity contribution in [1.82, 2.24) is 0 Å². The van der Waals surface area contributed by atoms with Gasteiger partial charge in [-0.05, 0) is 18.4 Å². The highest BCUT2D eigenvalue weighted by Crippen LogP contribution is 2.22. The molecule has 0 saturated heterocycles. The van der Waals surface area contributed by atoms with Crippen LogP contribution in [0.25, 0.3) is 0 Å². The number of nitrogens with two attached hydrogens (primary N) is 1. The summed E-state index contributed by atoms with van der Waals surface area (Å²) in [4.78, 5) is 12.6. The van der Waals surface area contributed by atoms with E-state index in [9.17, 15) is 4.79 Å². The molecule has 0 radical (unpaired) electrons. The second kappa shape index (κ2) is 6.27. The lowest BCUT2D eigenvalue weighted by Gasteiger charge is -2.23. The van der Waals surface area contributed by atoms with Gasteiger partial charge in [-0.3, -0.25) is 4.79 Å². The largest absolute Gasteiger partial charge is 0.480 e. The fourth-order valence-corrected chi connectivity index (χ4v) is 1.83. The third kappa shape index (κ3) is 3.66. The van der Waals surface area contributed by atoms with Gasteiger partial charge in [0.25, 0.3) is 0 Å². The van der Waals surface area contributed by atoms with Gasteiger partial charge < -0.3 is 15.7 Å². The molecule has 1 aromatic rings. The van der Waals surface area contributed by atoms with Crippen molar-refractivity contribution in [3.8, 4) is 0 Å². The van der Waals surface area contributed by atoms with E-state index in [4.69, 9.17) is 10.8 Å². The van der Waals surface area contributed by atoms with Crippen LogP contribution in [-0.2, 0) is 4.79 Å². The normalized spacial score (nSPS) is 10.1. The summed E-state index contributed by atoms with van der Waals surface area (Å²) in [5.41, 5.74) is 7.23. The van der Waals surface area contributed by atoms with Crippen LogP contribution in [0.1, 0.15) is 0 Å². The monoisotopic (exact) mass is 240 g/mol. The maximum absolute atomic E-state index is 10.8. The minimum atomic E-state index is -0.843. The summed E-state index contributed by atoms with van der Waals surface area (Å²) >= 11 is 1.68. The fraction of sp³-hybridized carbons (Fsp3) is 0.364. The van der Waals surface area contributed by atoms with Gasteiger partial charge in [0.05, 0.1) is 11.4 Å². The minimum absolute atomic E-state index is 0.0191. The number of aliphatic carboxylic acids is 1. The maximum atomic E-state index is 10.8. The van der Waals surface area contributed by atoms with Gasteiger partial charge in [-0.15, -0.1) is 0 Å². The Kier molecular flexibility index (Phi) is 4.98. The van der Waals surface area contributed by atoms with Crippen LogP contribution >= 0.6 is 11.8 Å². The molecule has 0 aromatic heterocycles. The standard InChI is InChI=1S/C11H16N2O2S/c1-16-7-6-13(8-11(14)15)10-5-3-2-4-9(10)12/h2-5H,6-8,12H2,1H3,(H,14,15). The van der Waals surface area contributed by atoms with E-state index < -0.39 is 5.97 Å². The molecule has 0 aliphatic heterocycles. The van der Waals surface area contributed by atoms with Crippen molar-refractivity contribution in [3.05, 3.63) is 24.3 Å². The maximum Gasteiger partial charge on any atom is 0.323 e. The van der Waals surface area contributed by atoms with Crippen molar-refractivity contribution >= 4 is 29.1 Å². The molecule has 3 N–H and O–H groups in total. The Balaban J connectivity index is 2.82. The van der Waals surface area contributed by atoms with Crippen LogP contribution < -0.4 is 10.6 Å². The summed E-state index contributed by atoms with van der Waals surface area (Å²) in [6.45, 7) is 0.663. The van der Waals surface area contributed by atoms with E-state index in [0.29, 0.717) is 12.2 Å². The lowest BCUT2D eigenvalue weighted by Crippen LogP contribution is -2.32. The Morgan fingerprint density at radius 2 is 2.19 bits per heavy atom. The van der Waals surface area contributed by atoms with Gasteiger partial charge in [0.2, 0.25) is 0 Å². The lowest BCUT2D eigenvalue weighted by molar-refractivity contribution is -0.135. The SMILES string of the molecule is CSCCN(CC(=O)O)c1ccccc1N. The van der Waals surface area contributed by atoms with Crippen LogP contribution in [0.15, 0.2) is 24.3 Å². The zero-order valence-corrected chi connectivity index (χ0v) is 10.0. The third-order valence-electron chi connectivity index (χ3n) is 2.17. The van der Waals surface area contributed by atoms with Crippen LogP contribution in [0.2, 0.25) is 0 Å². The van der Waals surface area contributed by atoms with Crippen molar-refractivity contribution in [2.75, 3.05) is 35.7 Å². The van der Waals surface area contributed by atoms with Crippen LogP contribution in [0.4, 0.5) is 11.4 Å². The number of hydrogen-bond donors (Lipinski definition) is 2. The first-order valence-electron chi connectivity index (χ1n) is 4.95. The highest BCUT2D eigenvalue weighted by atomic mass is 32.2. The molecule has 0 aliphatic rings. The molecule has 1 rings (SSSR count). The first kappa shape index (κ1) is 12.7. The van der Waals surface area contributed by atoms with Crippen molar-refractivity contribution < 1.29 is 9.90 Å². The van der Waals surface area contributed by atoms with Crippen molar-refractivity contribution in [2.24, 2.45) is 0 Å². The third-order valence-corrected chi connectivity index (χ3v) is 2.76. The average molecular weight is 240 g/mol. The number of nitrogen functional groups attached to an aromatic ring is 1. The molecule has 4 nitrogen and oxygen atoms in total. The van der Waals surface area contributed by atoms with Gasteiger partial charge in [-0.2, -0.15) is 11.8 Å². The van der Waals surface area contributed by atoms with Crippen LogP contribution in [-0.4, -0.2) is 36.2 Å². The summed E-state index contributed by atoms with van der Waals surface area (Å²) in [5.74, 6) is 0.0334. The molecule has 0 bridgehead atoms. The molecule has 88 valence electrons. The summed E-state index contributed by atoms with van der Waals surface area (Å²) in [7, 11) is 0. The number of para-hydroxylation sites is 2. The molecular weight excluding hydrogens is 224 g/mol. The van der Waals surface area contributed by atoms with Gasteiger partial charge >= 0.3 is 5.97 Å². The Hall–Kier alpha value is -1.36. The number of carboxylic acid groups (broad SMARTS) is 1. The van der Waals surface area contributed by atoms with Crippen molar-refractivity contribution in [2.45, 2.75) is 0 Å². The van der Waals surface area contributed by atoms with Crippen molar-refractivity contribution in [1.29, 1.82) is 0 Å². The van der Waals surface area contributed by atoms with E-state index in [1.54, 1.807) is 22.7 Å². The lowest BCUT2D eigenvalue weighted by atomic mass is 10.2. The number of hydrogen-bond acceptors (Lipinski definition) is 4. The Morgan fingerprint density at radius 3 is 2.75 bits per heavy atom. The minimum Gasteiger partial charge on any atom is -0.480 e. The second-order valence-electron chi connectivity index (χ2n) is 3.37. The molecule has 0 spiro atoms. The van der Waals surface area contributed by atoms with Crippen LogP contribution in [0, 0.1) is 0 Å². The number of nitrogens with zero attached hydrogens (tertiary/aromatic N) is 1. The Bertz CT molecular complexity index is 358. The van der Waals surface area contributed by atoms with E-state index in [1.165, 1.54) is 0 Å². The molecule has 0 saturated carbocycles. The van der Waals surface area contributed by atoms with Gasteiger partial charge in [-0.1, -0.05) is 12.1 Å². The number of benzene rings is 1. The topological polar surface area (TPSA) is 66.6 Å². The van der Waals surface area contributed by atoms with E-state index >= 15 is 0 Å². The van der Waals surface area contributed by atoms with Crippen LogP contribution in [0.3, 0.4) is 0 Å². The Morgan fingerprint density at radius 1 is 1.50 bits per heavy atom. The first-order valence-corrected chi connectivity index (χ1v) is 6.34. The number of carbonyl (C=O) groups is 1. The number of anilines is 2. The molecule has 0 unspecified atom stereocenters. The number of rotatable bonds is 6. The van der Waals surface area contributed by atoms with E-state index in [0.717, 1.165) is 11.4 Å². The Labute approximate surface area is 99.4 Å². The van der Waals surface area contributed by atoms with E-state index in [1.807, 2.05) is 24.5 Å². The number of thioether (sulfide) groups is 1. The number of carboxylic acids is 1. The van der Waals surface area contributed by atoms with Crippen molar-refractivity contribution in [3.63, 3.8) is 0 Å². The van der Waals surface area contributed by atoms with Gasteiger partial charge in [-0.25, -0.2) is 0 Å². The highest BCUT2D eigenvalue weighted by molar-refractivity contribution is 7.98. The highest BCUT2D eigenvalue weighted by Gasteiger charge is 2.12. The summed E-state index contributed by atoms with van der Waals surface area (Å²) in [6, 6.07) is 7.33. The average Bonchev–Trinajstić information content (AvgIpc) is 2.24. The molecule has 1 aromatic carbocycles. The molecule has 0 aliphatic carbocycles. The fourth-order valence-electron chi connectivity index (χ4n) is 1.42. The quantitative estimate of drug-likeness (QED) is 0.738. The van der Waals surface area contributed by atoms with Crippen LogP contribution in [0.5, 0.6) is 0 Å².